The van der Waals surface area contributed by atoms with Gasteiger partial charge in [-0.2, -0.15) is 0 Å². The molecule has 1 heterocycles. The van der Waals surface area contributed by atoms with E-state index in [2.05, 4.69) is 39.2 Å². The molecular formula is C18H25NO3. The van der Waals surface area contributed by atoms with Gasteiger partial charge in [0.15, 0.2) is 0 Å². The first-order valence-electron chi connectivity index (χ1n) is 7.80. The molecule has 0 radical (unpaired) electrons. The van der Waals surface area contributed by atoms with Crippen LogP contribution in [0, 0.1) is 6.92 Å². The first-order valence-corrected chi connectivity index (χ1v) is 7.80. The van der Waals surface area contributed by atoms with E-state index in [1.54, 1.807) is 12.1 Å². The summed E-state index contributed by atoms with van der Waals surface area (Å²) in [6.45, 7) is 11.0. The van der Waals surface area contributed by atoms with Gasteiger partial charge in [0.05, 0.1) is 17.7 Å². The summed E-state index contributed by atoms with van der Waals surface area (Å²) in [4.78, 5) is 11.5. The maximum atomic E-state index is 11.5. The van der Waals surface area contributed by atoms with Crippen LogP contribution in [0.2, 0.25) is 0 Å². The molecule has 0 aliphatic heterocycles. The van der Waals surface area contributed by atoms with Gasteiger partial charge in [-0.05, 0) is 42.0 Å². The summed E-state index contributed by atoms with van der Waals surface area (Å²) in [5.74, 6) is -0.383. The second-order valence-corrected chi connectivity index (χ2v) is 6.45. The third kappa shape index (κ3) is 2.63. The fraction of sp³-hybridized carbons (Fsp3) is 0.500. The lowest BCUT2D eigenvalue weighted by atomic mass is 9.93. The minimum absolute atomic E-state index is 0.0698. The van der Waals surface area contributed by atoms with Crippen LogP contribution in [0.3, 0.4) is 0 Å². The minimum atomic E-state index is -0.897. The van der Waals surface area contributed by atoms with Crippen molar-refractivity contribution in [2.75, 3.05) is 6.61 Å². The van der Waals surface area contributed by atoms with Crippen LogP contribution in [-0.4, -0.2) is 27.4 Å². The van der Waals surface area contributed by atoms with Gasteiger partial charge in [0, 0.05) is 17.6 Å². The van der Waals surface area contributed by atoms with Gasteiger partial charge in [0.25, 0.3) is 0 Å². The zero-order valence-electron chi connectivity index (χ0n) is 14.0. The average molecular weight is 303 g/mol. The molecule has 2 rings (SSSR count). The van der Waals surface area contributed by atoms with E-state index in [0.29, 0.717) is 18.0 Å². The van der Waals surface area contributed by atoms with Gasteiger partial charge in [-0.25, -0.2) is 4.79 Å². The largest absolute Gasteiger partial charge is 0.478 e. The third-order valence-corrected chi connectivity index (χ3v) is 4.26. The van der Waals surface area contributed by atoms with Gasteiger partial charge in [-0.3, -0.25) is 0 Å². The maximum absolute atomic E-state index is 11.5. The molecule has 0 spiro atoms. The fourth-order valence-electron chi connectivity index (χ4n) is 3.34. The van der Waals surface area contributed by atoms with E-state index in [1.807, 2.05) is 0 Å². The summed E-state index contributed by atoms with van der Waals surface area (Å²) in [6, 6.07) is 3.55. The fourth-order valence-corrected chi connectivity index (χ4v) is 3.34. The standard InChI is InChI=1S/C18H25NO3/c1-10(2)14-8-13(18(21)22)9-15-16(11(3)4)12(5)19(6-7-20)17(14)15/h8-11,20H,6-7H2,1-5H3,(H,21,22). The van der Waals surface area contributed by atoms with Crippen LogP contribution in [0.25, 0.3) is 10.9 Å². The first-order chi connectivity index (χ1) is 10.3. The molecule has 0 saturated carbocycles. The quantitative estimate of drug-likeness (QED) is 0.881. The number of aromatic carboxylic acids is 1. The van der Waals surface area contributed by atoms with E-state index in [4.69, 9.17) is 0 Å². The van der Waals surface area contributed by atoms with E-state index in [1.165, 1.54) is 5.56 Å². The van der Waals surface area contributed by atoms with Crippen molar-refractivity contribution in [3.05, 3.63) is 34.5 Å². The van der Waals surface area contributed by atoms with Crippen LogP contribution in [0.15, 0.2) is 12.1 Å². The maximum Gasteiger partial charge on any atom is 0.335 e. The minimum Gasteiger partial charge on any atom is -0.478 e. The van der Waals surface area contributed by atoms with Crippen LogP contribution in [0.1, 0.15) is 66.7 Å². The number of rotatable bonds is 5. The van der Waals surface area contributed by atoms with Crippen LogP contribution in [0.4, 0.5) is 0 Å². The lowest BCUT2D eigenvalue weighted by Gasteiger charge is -2.14. The van der Waals surface area contributed by atoms with Gasteiger partial charge >= 0.3 is 5.97 Å². The van der Waals surface area contributed by atoms with Crippen molar-refractivity contribution in [3.8, 4) is 0 Å². The van der Waals surface area contributed by atoms with E-state index in [9.17, 15) is 15.0 Å². The molecule has 0 atom stereocenters. The zero-order chi connectivity index (χ0) is 16.6. The molecule has 2 aromatic rings. The molecule has 0 saturated heterocycles. The SMILES string of the molecule is Cc1c(C(C)C)c2cc(C(=O)O)cc(C(C)C)c2n1CCO. The summed E-state index contributed by atoms with van der Waals surface area (Å²) in [5.41, 5.74) is 4.71. The number of aliphatic hydroxyl groups excluding tert-OH is 1. The van der Waals surface area contributed by atoms with Gasteiger partial charge < -0.3 is 14.8 Å². The highest BCUT2D eigenvalue weighted by Crippen LogP contribution is 2.36. The highest BCUT2D eigenvalue weighted by Gasteiger charge is 2.22. The Labute approximate surface area is 131 Å². The molecule has 0 unspecified atom stereocenters. The number of aliphatic hydroxyl groups is 1. The number of carboxylic acid groups (broad SMARTS) is 1. The summed E-state index contributed by atoms with van der Waals surface area (Å²) in [7, 11) is 0. The Hall–Kier alpha value is -1.81. The number of carbonyl (C=O) groups is 1. The summed E-state index contributed by atoms with van der Waals surface area (Å²) < 4.78 is 2.13. The highest BCUT2D eigenvalue weighted by atomic mass is 16.4. The Bertz CT molecular complexity index is 711. The predicted octanol–water partition coefficient (Wildman–Crippen LogP) is 3.89. The number of carboxylic acids is 1. The zero-order valence-corrected chi connectivity index (χ0v) is 14.0. The Morgan fingerprint density at radius 2 is 1.82 bits per heavy atom. The van der Waals surface area contributed by atoms with Gasteiger partial charge in [-0.1, -0.05) is 27.7 Å². The molecular weight excluding hydrogens is 278 g/mol. The van der Waals surface area contributed by atoms with Crippen LogP contribution in [0.5, 0.6) is 0 Å². The smallest absolute Gasteiger partial charge is 0.335 e. The van der Waals surface area contributed by atoms with Crippen molar-refractivity contribution >= 4 is 16.9 Å². The molecule has 0 aliphatic carbocycles. The Balaban J connectivity index is 2.96. The third-order valence-electron chi connectivity index (χ3n) is 4.26. The van der Waals surface area contributed by atoms with Crippen molar-refractivity contribution in [2.45, 2.75) is 53.0 Å². The van der Waals surface area contributed by atoms with Crippen molar-refractivity contribution in [2.24, 2.45) is 0 Å². The molecule has 0 fully saturated rings. The number of hydrogen-bond donors (Lipinski definition) is 2. The van der Waals surface area contributed by atoms with Crippen molar-refractivity contribution in [3.63, 3.8) is 0 Å². The number of fused-ring (bicyclic) bond motifs is 1. The second-order valence-electron chi connectivity index (χ2n) is 6.45. The highest BCUT2D eigenvalue weighted by molar-refractivity contribution is 5.97. The molecule has 0 amide bonds. The number of aromatic nitrogens is 1. The summed E-state index contributed by atoms with van der Waals surface area (Å²) >= 11 is 0. The first kappa shape index (κ1) is 16.6. The van der Waals surface area contributed by atoms with Gasteiger partial charge in [0.2, 0.25) is 0 Å². The number of benzene rings is 1. The van der Waals surface area contributed by atoms with E-state index < -0.39 is 5.97 Å². The molecule has 0 aliphatic rings. The van der Waals surface area contributed by atoms with Crippen LogP contribution >= 0.6 is 0 Å². The molecule has 4 nitrogen and oxygen atoms in total. The van der Waals surface area contributed by atoms with E-state index in [-0.39, 0.29) is 12.5 Å². The number of hydrogen-bond acceptors (Lipinski definition) is 2. The van der Waals surface area contributed by atoms with Gasteiger partial charge in [0.1, 0.15) is 0 Å². The Morgan fingerprint density at radius 1 is 1.18 bits per heavy atom. The van der Waals surface area contributed by atoms with Crippen molar-refractivity contribution < 1.29 is 15.0 Å². The van der Waals surface area contributed by atoms with Gasteiger partial charge in [-0.15, -0.1) is 0 Å². The van der Waals surface area contributed by atoms with Crippen molar-refractivity contribution in [1.82, 2.24) is 4.57 Å². The Kier molecular flexibility index (Phi) is 4.61. The Morgan fingerprint density at radius 3 is 2.27 bits per heavy atom. The molecule has 22 heavy (non-hydrogen) atoms. The predicted molar refractivity (Wildman–Crippen MR) is 88.9 cm³/mol. The molecule has 4 heteroatoms. The summed E-state index contributed by atoms with van der Waals surface area (Å²) in [6.07, 6.45) is 0. The van der Waals surface area contributed by atoms with Crippen molar-refractivity contribution in [1.29, 1.82) is 0 Å². The molecule has 1 aromatic heterocycles. The molecule has 120 valence electrons. The second kappa shape index (κ2) is 6.13. The van der Waals surface area contributed by atoms with E-state index >= 15 is 0 Å². The average Bonchev–Trinajstić information content (AvgIpc) is 2.70. The molecule has 2 N–H and O–H groups in total. The molecule has 0 bridgehead atoms. The lowest BCUT2D eigenvalue weighted by molar-refractivity contribution is 0.0697. The normalized spacial score (nSPS) is 11.8. The summed E-state index contributed by atoms with van der Waals surface area (Å²) in [5, 5.41) is 19.8. The molecule has 1 aromatic carbocycles. The topological polar surface area (TPSA) is 62.5 Å². The lowest BCUT2D eigenvalue weighted by Crippen LogP contribution is -2.07. The van der Waals surface area contributed by atoms with E-state index in [0.717, 1.165) is 22.2 Å². The van der Waals surface area contributed by atoms with Crippen LogP contribution in [-0.2, 0) is 6.54 Å². The number of nitrogens with zero attached hydrogens (tertiary/aromatic N) is 1. The monoisotopic (exact) mass is 303 g/mol. The van der Waals surface area contributed by atoms with Crippen LogP contribution < -0.4 is 0 Å².